The van der Waals surface area contributed by atoms with Crippen molar-refractivity contribution in [3.63, 3.8) is 0 Å². The number of carbonyl (C=O) groups is 1. The number of nitrogens with one attached hydrogen (secondary N) is 1. The molecular weight excluding hydrogens is 430 g/mol. The second kappa shape index (κ2) is 9.31. The van der Waals surface area contributed by atoms with Gasteiger partial charge < -0.3 is 10.4 Å². The minimum atomic E-state index is -4.53. The van der Waals surface area contributed by atoms with Gasteiger partial charge in [0.25, 0.3) is 11.5 Å². The molecule has 168 valence electrons. The standard InChI is InChI=1S/C22H19F4N3O3/c1-13(9-10-30)27-20(31)18-12-19(14-5-7-15(8-6-14)22(24,25)26)28-29(21(18)32)17-4-2-3-16(23)11-17/h2-8,11-13,30H,9-10H2,1H3,(H,27,31). The number of benzene rings is 2. The van der Waals surface area contributed by atoms with Crippen molar-refractivity contribution in [1.82, 2.24) is 15.1 Å². The van der Waals surface area contributed by atoms with Crippen LogP contribution in [0, 0.1) is 5.82 Å². The minimum Gasteiger partial charge on any atom is -0.396 e. The number of aliphatic hydroxyl groups excluding tert-OH is 1. The highest BCUT2D eigenvalue weighted by atomic mass is 19.4. The van der Waals surface area contributed by atoms with Gasteiger partial charge in [-0.1, -0.05) is 18.2 Å². The fourth-order valence-corrected chi connectivity index (χ4v) is 2.98. The fraction of sp³-hybridized carbons (Fsp3) is 0.227. The van der Waals surface area contributed by atoms with Gasteiger partial charge in [0.05, 0.1) is 16.9 Å². The maximum Gasteiger partial charge on any atom is 0.416 e. The SMILES string of the molecule is CC(CCO)NC(=O)c1cc(-c2ccc(C(F)(F)F)cc2)nn(-c2cccc(F)c2)c1=O. The van der Waals surface area contributed by atoms with Crippen molar-refractivity contribution in [2.45, 2.75) is 25.6 Å². The van der Waals surface area contributed by atoms with Crippen LogP contribution in [0.15, 0.2) is 59.4 Å². The van der Waals surface area contributed by atoms with E-state index in [1.807, 2.05) is 0 Å². The Bertz CT molecular complexity index is 1170. The zero-order valence-corrected chi connectivity index (χ0v) is 16.9. The average Bonchev–Trinajstić information content (AvgIpc) is 2.73. The lowest BCUT2D eigenvalue weighted by molar-refractivity contribution is -0.137. The molecule has 10 heteroatoms. The lowest BCUT2D eigenvalue weighted by Crippen LogP contribution is -2.38. The zero-order valence-electron chi connectivity index (χ0n) is 16.9. The Morgan fingerprint density at radius 3 is 2.44 bits per heavy atom. The largest absolute Gasteiger partial charge is 0.416 e. The second-order valence-electron chi connectivity index (χ2n) is 7.10. The summed E-state index contributed by atoms with van der Waals surface area (Å²) in [5.74, 6) is -1.39. The number of aliphatic hydroxyl groups is 1. The molecule has 2 N–H and O–H groups in total. The summed E-state index contributed by atoms with van der Waals surface area (Å²) in [5.41, 5.74) is -1.72. The Balaban J connectivity index is 2.14. The number of aromatic nitrogens is 2. The van der Waals surface area contributed by atoms with Gasteiger partial charge in [-0.25, -0.2) is 4.39 Å². The summed E-state index contributed by atoms with van der Waals surface area (Å²) in [6.45, 7) is 1.46. The Hall–Kier alpha value is -3.53. The van der Waals surface area contributed by atoms with Crippen LogP contribution in [0.5, 0.6) is 0 Å². The van der Waals surface area contributed by atoms with Gasteiger partial charge in [-0.05, 0) is 49.7 Å². The number of nitrogens with zero attached hydrogens (tertiary/aromatic N) is 2. The summed E-state index contributed by atoms with van der Waals surface area (Å²) in [5, 5.41) is 15.7. The molecule has 1 unspecified atom stereocenters. The van der Waals surface area contributed by atoms with Crippen molar-refractivity contribution in [3.8, 4) is 16.9 Å². The first kappa shape index (κ1) is 23.1. The first-order chi connectivity index (χ1) is 15.1. The molecule has 0 bridgehead atoms. The van der Waals surface area contributed by atoms with Crippen molar-refractivity contribution in [1.29, 1.82) is 0 Å². The monoisotopic (exact) mass is 449 g/mol. The molecule has 0 aliphatic rings. The molecule has 0 fully saturated rings. The third-order valence-corrected chi connectivity index (χ3v) is 4.66. The van der Waals surface area contributed by atoms with Crippen molar-refractivity contribution in [2.75, 3.05) is 6.61 Å². The van der Waals surface area contributed by atoms with E-state index < -0.39 is 35.1 Å². The molecule has 0 saturated heterocycles. The highest BCUT2D eigenvalue weighted by Crippen LogP contribution is 2.30. The molecule has 6 nitrogen and oxygen atoms in total. The lowest BCUT2D eigenvalue weighted by atomic mass is 10.1. The van der Waals surface area contributed by atoms with E-state index in [0.29, 0.717) is 0 Å². The van der Waals surface area contributed by atoms with E-state index in [1.165, 1.54) is 36.4 Å². The zero-order chi connectivity index (χ0) is 23.5. The molecule has 3 aromatic rings. The van der Waals surface area contributed by atoms with E-state index in [0.717, 1.165) is 22.9 Å². The summed E-state index contributed by atoms with van der Waals surface area (Å²) in [7, 11) is 0. The van der Waals surface area contributed by atoms with Gasteiger partial charge in [0.15, 0.2) is 0 Å². The second-order valence-corrected chi connectivity index (χ2v) is 7.10. The van der Waals surface area contributed by atoms with Gasteiger partial charge in [0.2, 0.25) is 0 Å². The lowest BCUT2D eigenvalue weighted by Gasteiger charge is -2.15. The van der Waals surface area contributed by atoms with Crippen LogP contribution in [0.4, 0.5) is 17.6 Å². The summed E-state index contributed by atoms with van der Waals surface area (Å²) >= 11 is 0. The van der Waals surface area contributed by atoms with E-state index in [9.17, 15) is 27.2 Å². The highest BCUT2D eigenvalue weighted by Gasteiger charge is 2.30. The van der Waals surface area contributed by atoms with E-state index in [2.05, 4.69) is 10.4 Å². The maximum absolute atomic E-state index is 13.7. The summed E-state index contributed by atoms with van der Waals surface area (Å²) in [6, 6.07) is 9.74. The van der Waals surface area contributed by atoms with Crippen molar-refractivity contribution < 1.29 is 27.5 Å². The molecule has 32 heavy (non-hydrogen) atoms. The van der Waals surface area contributed by atoms with Gasteiger partial charge in [0.1, 0.15) is 11.4 Å². The van der Waals surface area contributed by atoms with Crippen LogP contribution in [-0.2, 0) is 6.18 Å². The number of halogens is 4. The van der Waals surface area contributed by atoms with Crippen LogP contribution >= 0.6 is 0 Å². The van der Waals surface area contributed by atoms with Crippen LogP contribution < -0.4 is 10.9 Å². The number of rotatable bonds is 6. The normalized spacial score (nSPS) is 12.4. The van der Waals surface area contributed by atoms with Gasteiger partial charge in [-0.3, -0.25) is 9.59 Å². The summed E-state index contributed by atoms with van der Waals surface area (Å²) in [4.78, 5) is 25.7. The molecule has 2 aromatic carbocycles. The van der Waals surface area contributed by atoms with Gasteiger partial charge in [-0.15, -0.1) is 0 Å². The first-order valence-corrected chi connectivity index (χ1v) is 9.60. The molecule has 0 spiro atoms. The van der Waals surface area contributed by atoms with Crippen LogP contribution in [0.2, 0.25) is 0 Å². The van der Waals surface area contributed by atoms with Crippen molar-refractivity contribution in [2.24, 2.45) is 0 Å². The number of hydrogen-bond donors (Lipinski definition) is 2. The fourth-order valence-electron chi connectivity index (χ4n) is 2.98. The predicted octanol–water partition coefficient (Wildman–Crippen LogP) is 3.56. The first-order valence-electron chi connectivity index (χ1n) is 9.60. The van der Waals surface area contributed by atoms with Gasteiger partial charge >= 0.3 is 6.18 Å². The topological polar surface area (TPSA) is 84.2 Å². The molecule has 0 radical (unpaired) electrons. The summed E-state index contributed by atoms with van der Waals surface area (Å²) < 4.78 is 53.2. The Labute approximate surface area is 180 Å². The Morgan fingerprint density at radius 2 is 1.84 bits per heavy atom. The molecule has 1 amide bonds. The average molecular weight is 449 g/mol. The van der Waals surface area contributed by atoms with Gasteiger partial charge in [0, 0.05) is 18.2 Å². The van der Waals surface area contributed by atoms with Crippen LogP contribution in [0.25, 0.3) is 16.9 Å². The molecule has 1 aromatic heterocycles. The molecule has 0 saturated carbocycles. The van der Waals surface area contributed by atoms with Crippen LogP contribution in [0.1, 0.15) is 29.3 Å². The molecule has 1 heterocycles. The smallest absolute Gasteiger partial charge is 0.396 e. The van der Waals surface area contributed by atoms with Crippen LogP contribution in [-0.4, -0.2) is 33.4 Å². The van der Waals surface area contributed by atoms with E-state index in [1.54, 1.807) is 6.92 Å². The molecule has 3 rings (SSSR count). The van der Waals surface area contributed by atoms with E-state index in [4.69, 9.17) is 5.11 Å². The highest BCUT2D eigenvalue weighted by molar-refractivity contribution is 5.95. The number of alkyl halides is 3. The van der Waals surface area contributed by atoms with Crippen molar-refractivity contribution >= 4 is 5.91 Å². The van der Waals surface area contributed by atoms with Crippen LogP contribution in [0.3, 0.4) is 0 Å². The minimum absolute atomic E-state index is 0.0428. The molecule has 0 aliphatic carbocycles. The van der Waals surface area contributed by atoms with E-state index >= 15 is 0 Å². The van der Waals surface area contributed by atoms with E-state index in [-0.39, 0.29) is 35.5 Å². The third kappa shape index (κ3) is 5.20. The Morgan fingerprint density at radius 1 is 1.16 bits per heavy atom. The molecule has 0 aliphatic heterocycles. The number of amides is 1. The van der Waals surface area contributed by atoms with Gasteiger partial charge in [-0.2, -0.15) is 23.0 Å². The molecular formula is C22H19F4N3O3. The van der Waals surface area contributed by atoms with Crippen molar-refractivity contribution in [3.05, 3.63) is 81.9 Å². The molecule has 1 atom stereocenters. The summed E-state index contributed by atoms with van der Waals surface area (Å²) in [6.07, 6.45) is -4.28. The maximum atomic E-state index is 13.7. The Kier molecular flexibility index (Phi) is 6.73. The predicted molar refractivity (Wildman–Crippen MR) is 109 cm³/mol. The third-order valence-electron chi connectivity index (χ3n) is 4.66. The number of hydrogen-bond acceptors (Lipinski definition) is 4. The quantitative estimate of drug-likeness (QED) is 0.564. The number of carbonyl (C=O) groups excluding carboxylic acids is 1.